The molecule has 1 spiro atoms. The molecule has 6 atom stereocenters. The predicted octanol–water partition coefficient (Wildman–Crippen LogP) is 3.68. The molecule has 2 amide bonds. The van der Waals surface area contributed by atoms with E-state index in [1.165, 1.54) is 9.80 Å². The Labute approximate surface area is 229 Å². The summed E-state index contributed by atoms with van der Waals surface area (Å²) in [5.74, 6) is -3.09. The summed E-state index contributed by atoms with van der Waals surface area (Å²) in [5, 5.41) is 10.8. The molecule has 3 aliphatic heterocycles. The molecule has 0 saturated carbocycles. The summed E-state index contributed by atoms with van der Waals surface area (Å²) in [6.45, 7) is 13.1. The highest BCUT2D eigenvalue weighted by atomic mass is 35.5. The van der Waals surface area contributed by atoms with Gasteiger partial charge in [0.2, 0.25) is 5.91 Å². The average Bonchev–Trinajstić information content (AvgIpc) is 3.51. The Kier molecular flexibility index (Phi) is 8.35. The van der Waals surface area contributed by atoms with Gasteiger partial charge in [-0.15, -0.1) is 13.2 Å². The van der Waals surface area contributed by atoms with Crippen LogP contribution in [0, 0.1) is 24.7 Å². The second-order valence-corrected chi connectivity index (χ2v) is 11.1. The molecule has 3 fully saturated rings. The number of amides is 2. The van der Waals surface area contributed by atoms with Gasteiger partial charge in [0.15, 0.2) is 0 Å². The molecule has 0 radical (unpaired) electrons. The zero-order chi connectivity index (χ0) is 27.8. The molecule has 2 bridgehead atoms. The summed E-state index contributed by atoms with van der Waals surface area (Å²) in [4.78, 5) is 45.0. The summed E-state index contributed by atoms with van der Waals surface area (Å²) in [6.07, 6.45) is 4.21. The Morgan fingerprint density at radius 2 is 2.08 bits per heavy atom. The van der Waals surface area contributed by atoms with Gasteiger partial charge in [0, 0.05) is 6.54 Å². The number of ether oxygens (including phenoxy) is 2. The van der Waals surface area contributed by atoms with Gasteiger partial charge in [0.05, 0.1) is 47.9 Å². The molecule has 206 valence electrons. The first kappa shape index (κ1) is 28.3. The van der Waals surface area contributed by atoms with Crippen LogP contribution in [0.1, 0.15) is 38.7 Å². The maximum Gasteiger partial charge on any atom is 0.312 e. The number of anilines is 1. The van der Waals surface area contributed by atoms with Crippen LogP contribution in [0.5, 0.6) is 0 Å². The lowest BCUT2D eigenvalue weighted by Gasteiger charge is -2.40. The van der Waals surface area contributed by atoms with Crippen molar-refractivity contribution in [2.75, 3.05) is 24.7 Å². The minimum atomic E-state index is -1.21. The Hall–Kier alpha value is -2.68. The molecular formula is C29H37ClN2O6. The van der Waals surface area contributed by atoms with Gasteiger partial charge in [-0.05, 0) is 43.7 Å². The van der Waals surface area contributed by atoms with E-state index in [2.05, 4.69) is 13.2 Å². The van der Waals surface area contributed by atoms with Crippen LogP contribution in [0.25, 0.3) is 0 Å². The largest absolute Gasteiger partial charge is 0.465 e. The normalized spacial score (nSPS) is 28.4. The quantitative estimate of drug-likeness (QED) is 0.259. The molecule has 9 heteroatoms. The third kappa shape index (κ3) is 4.46. The number of nitrogens with zero attached hydrogens (tertiary/aromatic N) is 2. The molecule has 3 saturated heterocycles. The van der Waals surface area contributed by atoms with Crippen molar-refractivity contribution in [3.63, 3.8) is 0 Å². The number of aliphatic hydroxyl groups is 1. The maximum absolute atomic E-state index is 14.6. The third-order valence-electron chi connectivity index (χ3n) is 8.16. The number of fused-ring (bicyclic) bond motifs is 1. The number of hydrogen-bond donors (Lipinski definition) is 1. The van der Waals surface area contributed by atoms with Gasteiger partial charge < -0.3 is 24.4 Å². The first-order valence-corrected chi connectivity index (χ1v) is 13.6. The van der Waals surface area contributed by atoms with E-state index in [0.717, 1.165) is 5.56 Å². The number of para-hydroxylation sites is 1. The molecule has 1 N–H and O–H groups in total. The van der Waals surface area contributed by atoms with Gasteiger partial charge in [0.1, 0.15) is 11.6 Å². The molecule has 3 aliphatic rings. The minimum absolute atomic E-state index is 0.153. The van der Waals surface area contributed by atoms with Crippen molar-refractivity contribution >= 4 is 35.1 Å². The fourth-order valence-corrected chi connectivity index (χ4v) is 6.81. The van der Waals surface area contributed by atoms with Crippen molar-refractivity contribution < 1.29 is 29.0 Å². The van der Waals surface area contributed by atoms with Crippen molar-refractivity contribution in [2.24, 2.45) is 17.8 Å². The highest BCUT2D eigenvalue weighted by Crippen LogP contribution is 2.59. The van der Waals surface area contributed by atoms with Crippen LogP contribution in [-0.4, -0.2) is 71.3 Å². The number of aliphatic hydroxyl groups excluding tert-OH is 1. The SMILES string of the molecule is C=CCCOC(=O)[C@@H]1[C@H]2C(=O)N([C@@H](CO)C(C)C)C(C(=O)N(CC=C)c3c(C)cccc3Cl)C23CC[C@H]1O3. The van der Waals surface area contributed by atoms with E-state index in [4.69, 9.17) is 21.1 Å². The molecular weight excluding hydrogens is 508 g/mol. The zero-order valence-electron chi connectivity index (χ0n) is 22.3. The molecule has 4 rings (SSSR count). The lowest BCUT2D eigenvalue weighted by Crippen LogP contribution is -2.60. The van der Waals surface area contributed by atoms with Crippen molar-refractivity contribution in [3.8, 4) is 0 Å². The molecule has 38 heavy (non-hydrogen) atoms. The molecule has 3 heterocycles. The lowest BCUT2D eigenvalue weighted by molar-refractivity contribution is -0.156. The van der Waals surface area contributed by atoms with Gasteiger partial charge in [-0.2, -0.15) is 0 Å². The average molecular weight is 545 g/mol. The lowest BCUT2D eigenvalue weighted by atomic mass is 9.70. The first-order chi connectivity index (χ1) is 18.1. The number of hydrogen-bond acceptors (Lipinski definition) is 6. The number of benzene rings is 1. The maximum atomic E-state index is 14.6. The zero-order valence-corrected chi connectivity index (χ0v) is 23.0. The highest BCUT2D eigenvalue weighted by molar-refractivity contribution is 6.34. The van der Waals surface area contributed by atoms with Crippen LogP contribution in [0.2, 0.25) is 5.02 Å². The number of likely N-dealkylation sites (tertiary alicyclic amines) is 1. The number of esters is 1. The Morgan fingerprint density at radius 3 is 2.68 bits per heavy atom. The van der Waals surface area contributed by atoms with E-state index in [1.54, 1.807) is 18.2 Å². The second-order valence-electron chi connectivity index (χ2n) is 10.7. The molecule has 0 aromatic heterocycles. The third-order valence-corrected chi connectivity index (χ3v) is 8.47. The monoisotopic (exact) mass is 544 g/mol. The number of carbonyl (C=O) groups is 3. The Morgan fingerprint density at radius 1 is 1.34 bits per heavy atom. The van der Waals surface area contributed by atoms with E-state index < -0.39 is 41.6 Å². The van der Waals surface area contributed by atoms with Crippen LogP contribution in [0.15, 0.2) is 43.5 Å². The Bertz CT molecular complexity index is 1100. The summed E-state index contributed by atoms with van der Waals surface area (Å²) < 4.78 is 12.0. The van der Waals surface area contributed by atoms with E-state index >= 15 is 0 Å². The molecule has 1 aromatic carbocycles. The summed E-state index contributed by atoms with van der Waals surface area (Å²) in [7, 11) is 0. The standard InChI is InChI=1S/C29H37ClN2O6/c1-6-8-15-37-28(36)22-21-12-13-29(38-21)23(22)26(34)32(20(16-33)17(3)4)25(29)27(35)31(14-7-2)24-18(5)10-9-11-19(24)30/h6-7,9-11,17,20-23,25,33H,1-2,8,12-16H2,3-5H3/t20-,21+,22-,23-,25?,29?/m0/s1. The van der Waals surface area contributed by atoms with Crippen LogP contribution in [-0.2, 0) is 23.9 Å². The second kappa shape index (κ2) is 11.2. The van der Waals surface area contributed by atoms with Crippen LogP contribution < -0.4 is 4.90 Å². The van der Waals surface area contributed by atoms with E-state index in [9.17, 15) is 19.5 Å². The van der Waals surface area contributed by atoms with Crippen molar-refractivity contribution in [1.29, 1.82) is 0 Å². The fraction of sp³-hybridized carbons (Fsp3) is 0.552. The Balaban J connectivity index is 1.82. The van der Waals surface area contributed by atoms with Crippen molar-refractivity contribution in [2.45, 2.75) is 63.8 Å². The van der Waals surface area contributed by atoms with Crippen LogP contribution in [0.3, 0.4) is 0 Å². The summed E-state index contributed by atoms with van der Waals surface area (Å²) in [6, 6.07) is 3.69. The van der Waals surface area contributed by atoms with Crippen LogP contribution in [0.4, 0.5) is 5.69 Å². The molecule has 8 nitrogen and oxygen atoms in total. The van der Waals surface area contributed by atoms with E-state index in [1.807, 2.05) is 32.9 Å². The summed E-state index contributed by atoms with van der Waals surface area (Å²) >= 11 is 6.58. The van der Waals surface area contributed by atoms with Crippen LogP contribution >= 0.6 is 11.6 Å². The number of rotatable bonds is 11. The van der Waals surface area contributed by atoms with E-state index in [-0.39, 0.29) is 37.5 Å². The smallest absolute Gasteiger partial charge is 0.312 e. The van der Waals surface area contributed by atoms with Gasteiger partial charge in [-0.25, -0.2) is 0 Å². The highest BCUT2D eigenvalue weighted by Gasteiger charge is 2.75. The van der Waals surface area contributed by atoms with Crippen molar-refractivity contribution in [3.05, 3.63) is 54.1 Å². The minimum Gasteiger partial charge on any atom is -0.465 e. The van der Waals surface area contributed by atoms with Gasteiger partial charge in [-0.3, -0.25) is 14.4 Å². The van der Waals surface area contributed by atoms with Gasteiger partial charge >= 0.3 is 5.97 Å². The van der Waals surface area contributed by atoms with Crippen molar-refractivity contribution in [1.82, 2.24) is 4.90 Å². The fourth-order valence-electron chi connectivity index (χ4n) is 6.49. The number of carbonyl (C=O) groups excluding carboxylic acids is 3. The number of halogens is 1. The first-order valence-electron chi connectivity index (χ1n) is 13.2. The molecule has 2 unspecified atom stereocenters. The van der Waals surface area contributed by atoms with Gasteiger partial charge in [-0.1, -0.05) is 49.7 Å². The predicted molar refractivity (Wildman–Crippen MR) is 145 cm³/mol. The molecule has 1 aromatic rings. The number of aryl methyl sites for hydroxylation is 1. The molecule has 0 aliphatic carbocycles. The summed E-state index contributed by atoms with van der Waals surface area (Å²) in [5.41, 5.74) is 0.113. The van der Waals surface area contributed by atoms with E-state index in [0.29, 0.717) is 30.0 Å². The topological polar surface area (TPSA) is 96.4 Å². The van der Waals surface area contributed by atoms with Gasteiger partial charge in [0.25, 0.3) is 5.91 Å².